The lowest BCUT2D eigenvalue weighted by atomic mass is 9.96. The predicted octanol–water partition coefficient (Wildman–Crippen LogP) is 1.44. The second-order valence-corrected chi connectivity index (χ2v) is 10.1. The van der Waals surface area contributed by atoms with Crippen LogP contribution < -0.4 is 15.8 Å². The Morgan fingerprint density at radius 3 is 2.68 bits per heavy atom. The summed E-state index contributed by atoms with van der Waals surface area (Å²) in [4.78, 5) is 30.8. The summed E-state index contributed by atoms with van der Waals surface area (Å²) in [5.74, 6) is 0.909. The number of rotatable bonds is 7. The molecule has 2 aliphatic rings. The van der Waals surface area contributed by atoms with E-state index in [1.54, 1.807) is 29.3 Å². The van der Waals surface area contributed by atoms with E-state index in [4.69, 9.17) is 10.1 Å². The number of amides is 1. The van der Waals surface area contributed by atoms with Gasteiger partial charge in [0.05, 0.1) is 29.6 Å². The van der Waals surface area contributed by atoms with Crippen LogP contribution in [0.4, 0.5) is 19.0 Å². The third-order valence-electron chi connectivity index (χ3n) is 7.53. The minimum Gasteiger partial charge on any atom is -0.396 e. The number of hydrogen-bond donors (Lipinski definition) is 3. The van der Waals surface area contributed by atoms with Crippen LogP contribution in [0.3, 0.4) is 0 Å². The number of aromatic nitrogens is 6. The van der Waals surface area contributed by atoms with Crippen molar-refractivity contribution in [3.8, 4) is 11.5 Å². The molecule has 2 aliphatic heterocycles. The lowest BCUT2D eigenvalue weighted by Gasteiger charge is -2.44. The smallest absolute Gasteiger partial charge is 0.396 e. The molecule has 41 heavy (non-hydrogen) atoms. The number of anilines is 1. The van der Waals surface area contributed by atoms with Crippen LogP contribution in [0, 0.1) is 5.92 Å². The van der Waals surface area contributed by atoms with Crippen molar-refractivity contribution >= 4 is 17.4 Å². The van der Waals surface area contributed by atoms with Crippen molar-refractivity contribution in [2.45, 2.75) is 25.2 Å². The largest absolute Gasteiger partial charge is 0.417 e. The van der Waals surface area contributed by atoms with Gasteiger partial charge in [-0.15, -0.1) is 0 Å². The molecule has 0 aliphatic carbocycles. The Labute approximate surface area is 232 Å². The number of alkyl halides is 3. The van der Waals surface area contributed by atoms with Crippen molar-refractivity contribution in [3.05, 3.63) is 60.3 Å². The molecule has 1 amide bonds. The van der Waals surface area contributed by atoms with E-state index in [0.717, 1.165) is 12.3 Å². The highest BCUT2D eigenvalue weighted by atomic mass is 19.4. The summed E-state index contributed by atoms with van der Waals surface area (Å²) in [5, 5.41) is 13.4. The fourth-order valence-corrected chi connectivity index (χ4v) is 5.38. The number of aliphatic hydroxyl groups excluding tert-OH is 1. The van der Waals surface area contributed by atoms with Crippen LogP contribution in [0.5, 0.6) is 0 Å². The Bertz CT molecular complexity index is 1530. The first-order valence-corrected chi connectivity index (χ1v) is 13.3. The van der Waals surface area contributed by atoms with Gasteiger partial charge in [0.1, 0.15) is 17.2 Å². The zero-order valence-corrected chi connectivity index (χ0v) is 22.0. The van der Waals surface area contributed by atoms with Gasteiger partial charge in [-0.25, -0.2) is 15.0 Å². The average molecular weight is 571 g/mol. The maximum absolute atomic E-state index is 13.6. The number of nitrogens with zero attached hydrogens (tertiary/aromatic N) is 8. The number of aliphatic hydroxyl groups is 1. The predicted molar refractivity (Wildman–Crippen MR) is 142 cm³/mol. The van der Waals surface area contributed by atoms with Crippen molar-refractivity contribution in [1.29, 1.82) is 0 Å². The molecule has 4 aromatic heterocycles. The molecule has 0 aromatic carbocycles. The van der Waals surface area contributed by atoms with Crippen LogP contribution in [0.2, 0.25) is 0 Å². The summed E-state index contributed by atoms with van der Waals surface area (Å²) in [7, 11) is 0. The summed E-state index contributed by atoms with van der Waals surface area (Å²) >= 11 is 0. The van der Waals surface area contributed by atoms with E-state index < -0.39 is 11.7 Å². The van der Waals surface area contributed by atoms with E-state index in [0.29, 0.717) is 68.4 Å². The van der Waals surface area contributed by atoms with Crippen molar-refractivity contribution in [1.82, 2.24) is 44.9 Å². The normalized spacial score (nSPS) is 18.5. The number of pyridine rings is 1. The third kappa shape index (κ3) is 5.47. The van der Waals surface area contributed by atoms with Gasteiger partial charge in [-0.2, -0.15) is 18.3 Å². The first-order chi connectivity index (χ1) is 19.8. The first kappa shape index (κ1) is 27.1. The summed E-state index contributed by atoms with van der Waals surface area (Å²) in [6.45, 7) is 3.43. The molecule has 2 fully saturated rings. The summed E-state index contributed by atoms with van der Waals surface area (Å²) in [5.41, 5.74) is 6.71. The Morgan fingerprint density at radius 2 is 1.90 bits per heavy atom. The van der Waals surface area contributed by atoms with Gasteiger partial charge in [-0.3, -0.25) is 24.7 Å². The average Bonchev–Trinajstić information content (AvgIpc) is 3.76. The quantitative estimate of drug-likeness (QED) is 0.302. The minimum absolute atomic E-state index is 0.0471. The SMILES string of the molecule is O=C(c1cnn(CCCO)c1)N1CCN(c2ccnc(-c3cnc4ccc(C(F)(F)F)cn34)n2)CC1C1CNNC1. The monoisotopic (exact) mass is 570 g/mol. The number of nitrogens with one attached hydrogen (secondary N) is 2. The Morgan fingerprint density at radius 1 is 1.07 bits per heavy atom. The van der Waals surface area contributed by atoms with Gasteiger partial charge in [-0.1, -0.05) is 0 Å². The molecule has 1 unspecified atom stereocenters. The first-order valence-electron chi connectivity index (χ1n) is 13.3. The Kier molecular flexibility index (Phi) is 7.32. The second-order valence-electron chi connectivity index (χ2n) is 10.1. The lowest BCUT2D eigenvalue weighted by molar-refractivity contribution is -0.137. The van der Waals surface area contributed by atoms with Crippen LogP contribution in [-0.4, -0.2) is 90.4 Å². The molecule has 2 saturated heterocycles. The van der Waals surface area contributed by atoms with E-state index in [1.165, 1.54) is 16.7 Å². The Hall–Kier alpha value is -4.08. The van der Waals surface area contributed by atoms with Gasteiger partial charge in [0.25, 0.3) is 5.91 Å². The molecule has 6 heterocycles. The second kappa shape index (κ2) is 11.1. The summed E-state index contributed by atoms with van der Waals surface area (Å²) in [6, 6.07) is 3.94. The minimum atomic E-state index is -4.49. The van der Waals surface area contributed by atoms with E-state index in [1.807, 2.05) is 4.90 Å². The van der Waals surface area contributed by atoms with Crippen LogP contribution in [0.15, 0.2) is 49.2 Å². The Balaban J connectivity index is 1.25. The number of hydrazine groups is 1. The molecule has 0 saturated carbocycles. The van der Waals surface area contributed by atoms with Gasteiger partial charge in [0.2, 0.25) is 0 Å². The van der Waals surface area contributed by atoms with Gasteiger partial charge >= 0.3 is 6.18 Å². The molecule has 0 spiro atoms. The molecule has 0 radical (unpaired) electrons. The van der Waals surface area contributed by atoms with E-state index >= 15 is 0 Å². The number of halogens is 3. The van der Waals surface area contributed by atoms with Crippen LogP contribution in [-0.2, 0) is 12.7 Å². The number of carbonyl (C=O) groups excluding carboxylic acids is 1. The molecule has 3 N–H and O–H groups in total. The molecule has 216 valence electrons. The number of fused-ring (bicyclic) bond motifs is 1. The fourth-order valence-electron chi connectivity index (χ4n) is 5.38. The highest BCUT2D eigenvalue weighted by Gasteiger charge is 2.38. The lowest BCUT2D eigenvalue weighted by Crippen LogP contribution is -2.59. The molecular weight excluding hydrogens is 541 g/mol. The van der Waals surface area contributed by atoms with E-state index in [2.05, 4.69) is 30.8 Å². The van der Waals surface area contributed by atoms with Crippen molar-refractivity contribution < 1.29 is 23.1 Å². The number of hydrogen-bond acceptors (Lipinski definition) is 9. The zero-order chi connectivity index (χ0) is 28.6. The van der Waals surface area contributed by atoms with E-state index in [9.17, 15) is 18.0 Å². The molecule has 12 nitrogen and oxygen atoms in total. The van der Waals surface area contributed by atoms with Gasteiger partial charge in [0.15, 0.2) is 5.82 Å². The van der Waals surface area contributed by atoms with E-state index in [-0.39, 0.29) is 30.3 Å². The highest BCUT2D eigenvalue weighted by Crippen LogP contribution is 2.31. The van der Waals surface area contributed by atoms with Crippen LogP contribution in [0.25, 0.3) is 17.2 Å². The van der Waals surface area contributed by atoms with Gasteiger partial charge in [-0.05, 0) is 24.6 Å². The van der Waals surface area contributed by atoms with Crippen molar-refractivity contribution in [3.63, 3.8) is 0 Å². The zero-order valence-electron chi connectivity index (χ0n) is 22.0. The van der Waals surface area contributed by atoms with Crippen molar-refractivity contribution in [2.75, 3.05) is 44.2 Å². The van der Waals surface area contributed by atoms with Crippen molar-refractivity contribution in [2.24, 2.45) is 5.92 Å². The molecular formula is C26H29F3N10O2. The van der Waals surface area contributed by atoms with Crippen LogP contribution >= 0.6 is 0 Å². The molecule has 15 heteroatoms. The topological polar surface area (TPSA) is 129 Å². The number of carbonyl (C=O) groups is 1. The fraction of sp³-hybridized carbons (Fsp3) is 0.423. The number of aryl methyl sites for hydroxylation is 1. The highest BCUT2D eigenvalue weighted by molar-refractivity contribution is 5.94. The summed E-state index contributed by atoms with van der Waals surface area (Å²) in [6.07, 6.45) is 3.37. The van der Waals surface area contributed by atoms with Crippen LogP contribution in [0.1, 0.15) is 22.3 Å². The number of imidazole rings is 1. The molecule has 1 atom stereocenters. The molecule has 6 rings (SSSR count). The van der Waals surface area contributed by atoms with Gasteiger partial charge < -0.3 is 14.9 Å². The maximum atomic E-state index is 13.6. The number of piperazine rings is 1. The maximum Gasteiger partial charge on any atom is 0.417 e. The summed E-state index contributed by atoms with van der Waals surface area (Å²) < 4.78 is 43.1. The standard InChI is InChI=1S/C26H29F3N10O2/c27-26(28,29)19-2-3-22-31-13-20(39(22)15-19)24-30-5-4-23(35-24)36-7-8-38(21(16-36)17-10-32-33-11-17)25(41)18-12-34-37(14-18)6-1-9-40/h2-5,12-15,17,21,32-33,40H,1,6-11,16H2. The van der Waals surface area contributed by atoms with Gasteiger partial charge in [0, 0.05) is 70.4 Å². The third-order valence-corrected chi connectivity index (χ3v) is 7.53. The molecule has 0 bridgehead atoms. The molecule has 4 aromatic rings.